The van der Waals surface area contributed by atoms with E-state index in [1.165, 1.54) is 57.8 Å². The van der Waals surface area contributed by atoms with Crippen LogP contribution in [0.3, 0.4) is 0 Å². The fourth-order valence-corrected chi connectivity index (χ4v) is 6.55. The summed E-state index contributed by atoms with van der Waals surface area (Å²) in [6.07, 6.45) is 49.5. The fourth-order valence-electron chi connectivity index (χ4n) is 5.81. The number of nitrogens with zero attached hydrogens (tertiary/aromatic N) is 1. The number of unbranched alkanes of at least 4 members (excludes halogenated alkanes) is 13. The van der Waals surface area contributed by atoms with Crippen LogP contribution >= 0.6 is 7.82 Å². The van der Waals surface area contributed by atoms with Crippen molar-refractivity contribution in [3.05, 3.63) is 85.1 Å². The molecule has 2 unspecified atom stereocenters. The van der Waals surface area contributed by atoms with E-state index in [2.05, 4.69) is 56.4 Å². The SMILES string of the molecule is CC/C=C\C/C=C\CC(O)/C=C/C=C\C/C=C\CCCC(=O)OC[C@H](COP(=O)(O)OCC[N+](C)(C)C)OC(=O)CCCCCCCCCCC/C=C\C/C=C\CCCCC. The van der Waals surface area contributed by atoms with E-state index in [0.29, 0.717) is 36.7 Å². The number of carbonyl (C=O) groups excluding carboxylic acids is 2. The van der Waals surface area contributed by atoms with E-state index in [4.69, 9.17) is 18.5 Å². The molecule has 11 heteroatoms. The monoisotopic (exact) mass is 877 g/mol. The molecule has 0 radical (unpaired) electrons. The highest BCUT2D eigenvalue weighted by molar-refractivity contribution is 7.47. The summed E-state index contributed by atoms with van der Waals surface area (Å²) in [5, 5.41) is 10.0. The third-order valence-electron chi connectivity index (χ3n) is 9.49. The maximum absolute atomic E-state index is 12.7. The molecule has 0 aromatic rings. The Morgan fingerprint density at radius 3 is 1.77 bits per heavy atom. The van der Waals surface area contributed by atoms with Crippen molar-refractivity contribution in [3.8, 4) is 0 Å². The Hall–Kier alpha value is -2.85. The third-order valence-corrected chi connectivity index (χ3v) is 10.5. The molecule has 3 atom stereocenters. The predicted octanol–water partition coefficient (Wildman–Crippen LogP) is 12.5. The quantitative estimate of drug-likeness (QED) is 0.0154. The molecule has 0 bridgehead atoms. The molecule has 0 saturated carbocycles. The number of quaternary nitrogens is 1. The van der Waals surface area contributed by atoms with Crippen LogP contribution in [0.4, 0.5) is 0 Å². The Balaban J connectivity index is 4.48. The Morgan fingerprint density at radius 2 is 1.15 bits per heavy atom. The number of hydrogen-bond acceptors (Lipinski definition) is 8. The summed E-state index contributed by atoms with van der Waals surface area (Å²) >= 11 is 0. The van der Waals surface area contributed by atoms with Crippen LogP contribution in [-0.4, -0.2) is 86.1 Å². The highest BCUT2D eigenvalue weighted by atomic mass is 31.2. The average Bonchev–Trinajstić information content (AvgIpc) is 3.21. The highest BCUT2D eigenvalue weighted by Gasteiger charge is 2.27. The van der Waals surface area contributed by atoms with E-state index >= 15 is 0 Å². The summed E-state index contributed by atoms with van der Waals surface area (Å²) in [4.78, 5) is 35.4. The van der Waals surface area contributed by atoms with Crippen LogP contribution in [0.25, 0.3) is 0 Å². The Bertz CT molecular complexity index is 1330. The van der Waals surface area contributed by atoms with Gasteiger partial charge in [0.2, 0.25) is 0 Å². The third kappa shape index (κ3) is 45.0. The lowest BCUT2D eigenvalue weighted by Gasteiger charge is -2.24. The zero-order chi connectivity index (χ0) is 45.1. The minimum absolute atomic E-state index is 0.00756. The number of likely N-dealkylation sites (N-methyl/N-ethyl adjacent to an activating group) is 1. The summed E-state index contributed by atoms with van der Waals surface area (Å²) in [5.41, 5.74) is 0. The Labute approximate surface area is 372 Å². The number of ether oxygens (including phenoxy) is 2. The highest BCUT2D eigenvalue weighted by Crippen LogP contribution is 2.43. The van der Waals surface area contributed by atoms with E-state index in [1.807, 2.05) is 57.6 Å². The van der Waals surface area contributed by atoms with E-state index in [0.717, 1.165) is 51.4 Å². The molecule has 0 saturated heterocycles. The number of hydrogen-bond donors (Lipinski definition) is 2. The molecule has 0 aromatic carbocycles. The van der Waals surface area contributed by atoms with Gasteiger partial charge in [-0.3, -0.25) is 18.6 Å². The molecule has 0 aromatic heterocycles. The van der Waals surface area contributed by atoms with Crippen molar-refractivity contribution >= 4 is 19.8 Å². The fraction of sp³-hybridized carbons (Fsp3) is 0.680. The first-order valence-electron chi connectivity index (χ1n) is 23.4. The number of esters is 2. The first-order chi connectivity index (χ1) is 29.4. The van der Waals surface area contributed by atoms with Crippen LogP contribution in [0.2, 0.25) is 0 Å². The van der Waals surface area contributed by atoms with Crippen LogP contribution in [0.5, 0.6) is 0 Å². The van der Waals surface area contributed by atoms with Gasteiger partial charge in [0, 0.05) is 12.8 Å². The van der Waals surface area contributed by atoms with Gasteiger partial charge in [0.25, 0.3) is 0 Å². The number of phosphoric acid groups is 1. The smallest absolute Gasteiger partial charge is 0.462 e. The predicted molar refractivity (Wildman–Crippen MR) is 253 cm³/mol. The molecule has 0 aliphatic rings. The number of carbonyl (C=O) groups is 2. The summed E-state index contributed by atoms with van der Waals surface area (Å²) in [5.74, 6) is -0.917. The molecule has 0 aliphatic carbocycles. The van der Waals surface area contributed by atoms with Crippen molar-refractivity contribution in [2.45, 2.75) is 174 Å². The molecule has 0 heterocycles. The van der Waals surface area contributed by atoms with Gasteiger partial charge in [0.1, 0.15) is 19.8 Å². The van der Waals surface area contributed by atoms with Crippen LogP contribution in [0, 0.1) is 0 Å². The van der Waals surface area contributed by atoms with Crippen molar-refractivity contribution in [2.75, 3.05) is 47.5 Å². The molecule has 2 N–H and O–H groups in total. The summed E-state index contributed by atoms with van der Waals surface area (Å²) in [6.45, 7) is 4.11. The molecular weight excluding hydrogens is 790 g/mol. The molecule has 0 fully saturated rings. The number of aliphatic hydroxyl groups excluding tert-OH is 1. The number of phosphoric ester groups is 1. The molecule has 0 spiro atoms. The topological polar surface area (TPSA) is 129 Å². The summed E-state index contributed by atoms with van der Waals surface area (Å²) < 4.78 is 34.3. The van der Waals surface area contributed by atoms with E-state index in [9.17, 15) is 24.2 Å². The zero-order valence-electron chi connectivity index (χ0n) is 39.0. The summed E-state index contributed by atoms with van der Waals surface area (Å²) in [7, 11) is 1.40. The second kappa shape index (κ2) is 41.2. The van der Waals surface area contributed by atoms with Crippen LogP contribution in [0.15, 0.2) is 85.1 Å². The minimum Gasteiger partial charge on any atom is -0.462 e. The maximum Gasteiger partial charge on any atom is 0.472 e. The van der Waals surface area contributed by atoms with E-state index in [-0.39, 0.29) is 26.1 Å². The molecule has 10 nitrogen and oxygen atoms in total. The minimum atomic E-state index is -4.41. The van der Waals surface area contributed by atoms with Crippen LogP contribution in [0.1, 0.15) is 162 Å². The van der Waals surface area contributed by atoms with Gasteiger partial charge >= 0.3 is 19.8 Å². The lowest BCUT2D eigenvalue weighted by Crippen LogP contribution is -2.37. The Morgan fingerprint density at radius 1 is 0.607 bits per heavy atom. The second-order valence-electron chi connectivity index (χ2n) is 16.6. The lowest BCUT2D eigenvalue weighted by molar-refractivity contribution is -0.870. The van der Waals surface area contributed by atoms with Crippen molar-refractivity contribution in [1.82, 2.24) is 0 Å². The largest absolute Gasteiger partial charge is 0.472 e. The average molecular weight is 877 g/mol. The Kier molecular flexibility index (Phi) is 39.3. The van der Waals surface area contributed by atoms with Gasteiger partial charge < -0.3 is 24.0 Å². The maximum atomic E-state index is 12.7. The van der Waals surface area contributed by atoms with Crippen molar-refractivity contribution in [2.24, 2.45) is 0 Å². The normalized spacial score (nSPS) is 14.8. The van der Waals surface area contributed by atoms with E-state index < -0.39 is 38.6 Å². The molecule has 350 valence electrons. The number of allylic oxidation sites excluding steroid dienone is 12. The van der Waals surface area contributed by atoms with Gasteiger partial charge in [-0.2, -0.15) is 0 Å². The second-order valence-corrected chi connectivity index (χ2v) is 18.1. The van der Waals surface area contributed by atoms with Crippen LogP contribution < -0.4 is 0 Å². The van der Waals surface area contributed by atoms with Gasteiger partial charge in [-0.25, -0.2) is 4.57 Å². The number of aliphatic hydroxyl groups is 1. The van der Waals surface area contributed by atoms with Crippen molar-refractivity contribution in [1.29, 1.82) is 0 Å². The first kappa shape index (κ1) is 58.1. The van der Waals surface area contributed by atoms with Crippen molar-refractivity contribution < 1.29 is 47.2 Å². The van der Waals surface area contributed by atoms with Crippen LogP contribution in [-0.2, 0) is 32.7 Å². The van der Waals surface area contributed by atoms with Gasteiger partial charge in [-0.1, -0.05) is 157 Å². The van der Waals surface area contributed by atoms with Gasteiger partial charge in [0.05, 0.1) is 33.9 Å². The molecule has 0 rings (SSSR count). The van der Waals surface area contributed by atoms with Crippen molar-refractivity contribution in [3.63, 3.8) is 0 Å². The molecular formula is C50H87NO9P+. The van der Waals surface area contributed by atoms with E-state index in [1.54, 1.807) is 6.08 Å². The van der Waals surface area contributed by atoms with Gasteiger partial charge in [0.15, 0.2) is 6.10 Å². The van der Waals surface area contributed by atoms with Gasteiger partial charge in [-0.15, -0.1) is 0 Å². The number of rotatable bonds is 41. The zero-order valence-corrected chi connectivity index (χ0v) is 39.9. The first-order valence-corrected chi connectivity index (χ1v) is 24.9. The molecule has 0 amide bonds. The molecule has 61 heavy (non-hydrogen) atoms. The molecule has 0 aliphatic heterocycles. The van der Waals surface area contributed by atoms with Gasteiger partial charge in [-0.05, 0) is 77.0 Å². The standard InChI is InChI=1S/C50H86NO9P/c1-6-8-10-12-14-15-16-17-18-19-20-21-22-23-24-25-30-34-38-42-50(54)60-48(46-59-61(55,56)58-44-43-51(3,4)5)45-57-49(53)41-37-33-29-27-26-28-32-36-40-47(52)39-35-31-13-11-9-7-2/h9,11,14-15,17-18,27-29,31-32,35-36,40,47-48,52H,6-8,10,12-13,16,19-26,30,33-34,37-39,41-46H2,1-5H3/p+1/b11-9-,15-14-,18-17-,29-27-,32-28-,35-31-,40-36+/t47?,48-/m1/s1. The summed E-state index contributed by atoms with van der Waals surface area (Å²) in [6, 6.07) is 0. The lowest BCUT2D eigenvalue weighted by atomic mass is 10.1.